The molecule has 112 valence electrons. The second kappa shape index (κ2) is 5.39. The molecule has 0 N–H and O–H groups in total. The third-order valence-corrected chi connectivity index (χ3v) is 4.03. The molecule has 0 saturated carbocycles. The zero-order chi connectivity index (χ0) is 15.0. The molecule has 0 bridgehead atoms. The zero-order valence-electron chi connectivity index (χ0n) is 12.7. The number of carbonyl (C=O) groups is 1. The van der Waals surface area contributed by atoms with Gasteiger partial charge in [-0.25, -0.2) is 4.79 Å². The van der Waals surface area contributed by atoms with Crippen LogP contribution in [0.4, 0.5) is 0 Å². The van der Waals surface area contributed by atoms with Crippen LogP contribution in [0.5, 0.6) is 0 Å². The van der Waals surface area contributed by atoms with Crippen molar-refractivity contribution in [3.8, 4) is 5.69 Å². The number of carbonyl (C=O) groups excluding carboxylic acids is 1. The summed E-state index contributed by atoms with van der Waals surface area (Å²) in [6, 6.07) is 0. The Morgan fingerprint density at radius 1 is 1.38 bits per heavy atom. The van der Waals surface area contributed by atoms with Crippen molar-refractivity contribution in [3.05, 3.63) is 34.5 Å². The molecule has 0 fully saturated rings. The lowest BCUT2D eigenvalue weighted by atomic mass is 9.94. The Morgan fingerprint density at radius 3 is 2.81 bits per heavy atom. The molecule has 1 aliphatic carbocycles. The minimum atomic E-state index is -0.263. The van der Waals surface area contributed by atoms with Crippen molar-refractivity contribution in [1.82, 2.24) is 9.72 Å². The molecule has 0 saturated heterocycles. The molecule has 5 nitrogen and oxygen atoms in total. The number of hydrogen-bond acceptors (Lipinski definition) is 4. The number of ether oxygens (including phenoxy) is 1. The predicted octanol–water partition coefficient (Wildman–Crippen LogP) is 3.14. The maximum absolute atomic E-state index is 12.4. The zero-order valence-corrected chi connectivity index (χ0v) is 12.7. The van der Waals surface area contributed by atoms with Crippen LogP contribution in [0.3, 0.4) is 0 Å². The number of rotatable bonds is 3. The second-order valence-electron chi connectivity index (χ2n) is 5.45. The van der Waals surface area contributed by atoms with Gasteiger partial charge in [-0.05, 0) is 57.6 Å². The van der Waals surface area contributed by atoms with Gasteiger partial charge in [0, 0.05) is 6.20 Å². The number of aryl methyl sites for hydroxylation is 3. The van der Waals surface area contributed by atoms with E-state index in [9.17, 15) is 4.79 Å². The van der Waals surface area contributed by atoms with Crippen molar-refractivity contribution in [2.45, 2.75) is 46.5 Å². The topological polar surface area (TPSA) is 57.3 Å². The molecule has 2 aromatic rings. The second-order valence-corrected chi connectivity index (χ2v) is 5.45. The molecule has 2 aromatic heterocycles. The maximum atomic E-state index is 12.4. The maximum Gasteiger partial charge on any atom is 0.355 e. The van der Waals surface area contributed by atoms with Crippen LogP contribution < -0.4 is 0 Å². The van der Waals surface area contributed by atoms with E-state index in [0.717, 1.165) is 36.2 Å². The Balaban J connectivity index is 2.20. The molecule has 2 heterocycles. The largest absolute Gasteiger partial charge is 0.461 e. The van der Waals surface area contributed by atoms with Gasteiger partial charge >= 0.3 is 5.97 Å². The fourth-order valence-electron chi connectivity index (χ4n) is 3.13. The molecule has 0 amide bonds. The van der Waals surface area contributed by atoms with Crippen molar-refractivity contribution in [2.75, 3.05) is 6.61 Å². The van der Waals surface area contributed by atoms with E-state index < -0.39 is 0 Å². The van der Waals surface area contributed by atoms with Gasteiger partial charge in [0.2, 0.25) is 0 Å². The first-order valence-corrected chi connectivity index (χ1v) is 7.47. The van der Waals surface area contributed by atoms with Crippen LogP contribution in [0.15, 0.2) is 10.7 Å². The quantitative estimate of drug-likeness (QED) is 0.814. The summed E-state index contributed by atoms with van der Waals surface area (Å²) in [5.74, 6) is 0.450. The number of nitrogens with zero attached hydrogens (tertiary/aromatic N) is 2. The highest BCUT2D eigenvalue weighted by atomic mass is 16.5. The predicted molar refractivity (Wildman–Crippen MR) is 77.9 cm³/mol. The van der Waals surface area contributed by atoms with Crippen molar-refractivity contribution in [2.24, 2.45) is 0 Å². The summed E-state index contributed by atoms with van der Waals surface area (Å²) in [4.78, 5) is 12.4. The van der Waals surface area contributed by atoms with E-state index in [0.29, 0.717) is 18.1 Å². The summed E-state index contributed by atoms with van der Waals surface area (Å²) in [6.07, 6.45) is 6.27. The van der Waals surface area contributed by atoms with Gasteiger partial charge < -0.3 is 13.8 Å². The fourth-order valence-corrected chi connectivity index (χ4v) is 3.13. The summed E-state index contributed by atoms with van der Waals surface area (Å²) in [7, 11) is 0. The Hall–Kier alpha value is -2.04. The highest BCUT2D eigenvalue weighted by molar-refractivity contribution is 5.91. The van der Waals surface area contributed by atoms with Crippen LogP contribution in [0.2, 0.25) is 0 Å². The molecule has 1 aliphatic rings. The first-order valence-electron chi connectivity index (χ1n) is 7.47. The van der Waals surface area contributed by atoms with E-state index in [4.69, 9.17) is 9.26 Å². The highest BCUT2D eigenvalue weighted by Crippen LogP contribution is 2.31. The van der Waals surface area contributed by atoms with E-state index in [1.807, 2.05) is 31.5 Å². The smallest absolute Gasteiger partial charge is 0.355 e. The molecule has 5 heteroatoms. The SMILES string of the molecule is CCOC(=O)c1c2c(cn1-c1c(C)noc1C)CCCC2. The summed E-state index contributed by atoms with van der Waals surface area (Å²) in [5.41, 5.74) is 4.64. The summed E-state index contributed by atoms with van der Waals surface area (Å²) in [6.45, 7) is 5.96. The number of aromatic nitrogens is 2. The third-order valence-electron chi connectivity index (χ3n) is 4.03. The van der Waals surface area contributed by atoms with Crippen LogP contribution in [0, 0.1) is 13.8 Å². The van der Waals surface area contributed by atoms with Gasteiger partial charge in [-0.15, -0.1) is 0 Å². The average molecular weight is 288 g/mol. The molecular weight excluding hydrogens is 268 g/mol. The van der Waals surface area contributed by atoms with E-state index in [-0.39, 0.29) is 5.97 Å². The van der Waals surface area contributed by atoms with Gasteiger partial charge in [0.05, 0.1) is 6.61 Å². The summed E-state index contributed by atoms with van der Waals surface area (Å²) >= 11 is 0. The van der Waals surface area contributed by atoms with Gasteiger partial charge in [-0.2, -0.15) is 0 Å². The molecule has 0 radical (unpaired) electrons. The Morgan fingerprint density at radius 2 is 2.14 bits per heavy atom. The Kier molecular flexibility index (Phi) is 3.57. The van der Waals surface area contributed by atoms with E-state index >= 15 is 0 Å². The molecule has 0 unspecified atom stereocenters. The number of hydrogen-bond donors (Lipinski definition) is 0. The minimum Gasteiger partial charge on any atom is -0.461 e. The van der Waals surface area contributed by atoms with Crippen LogP contribution in [0.1, 0.15) is 52.8 Å². The van der Waals surface area contributed by atoms with Crippen LogP contribution in [-0.2, 0) is 17.6 Å². The van der Waals surface area contributed by atoms with Crippen LogP contribution >= 0.6 is 0 Å². The van der Waals surface area contributed by atoms with Crippen molar-refractivity contribution in [3.63, 3.8) is 0 Å². The summed E-state index contributed by atoms with van der Waals surface area (Å²) < 4.78 is 12.4. The Bertz CT molecular complexity index is 662. The lowest BCUT2D eigenvalue weighted by molar-refractivity contribution is 0.0515. The average Bonchev–Trinajstić information content (AvgIpc) is 2.99. The Labute approximate surface area is 123 Å². The molecule has 0 spiro atoms. The number of esters is 1. The van der Waals surface area contributed by atoms with E-state index in [1.165, 1.54) is 12.0 Å². The molecule has 21 heavy (non-hydrogen) atoms. The molecule has 3 rings (SSSR count). The van der Waals surface area contributed by atoms with Crippen molar-refractivity contribution < 1.29 is 14.1 Å². The van der Waals surface area contributed by atoms with Crippen molar-refractivity contribution >= 4 is 5.97 Å². The monoisotopic (exact) mass is 288 g/mol. The van der Waals surface area contributed by atoms with E-state index in [2.05, 4.69) is 5.16 Å². The lowest BCUT2D eigenvalue weighted by Gasteiger charge is -2.13. The molecule has 0 aromatic carbocycles. The summed E-state index contributed by atoms with van der Waals surface area (Å²) in [5, 5.41) is 4.00. The van der Waals surface area contributed by atoms with Gasteiger partial charge in [-0.3, -0.25) is 0 Å². The van der Waals surface area contributed by atoms with Gasteiger partial charge in [0.1, 0.15) is 17.1 Å². The fraction of sp³-hybridized carbons (Fsp3) is 0.500. The molecule has 0 atom stereocenters. The van der Waals surface area contributed by atoms with Crippen molar-refractivity contribution in [1.29, 1.82) is 0 Å². The van der Waals surface area contributed by atoms with Gasteiger partial charge in [0.25, 0.3) is 0 Å². The van der Waals surface area contributed by atoms with Gasteiger partial charge in [0.15, 0.2) is 5.76 Å². The molecular formula is C16H20N2O3. The van der Waals surface area contributed by atoms with Crippen LogP contribution in [-0.4, -0.2) is 22.3 Å². The van der Waals surface area contributed by atoms with E-state index in [1.54, 1.807) is 0 Å². The first kappa shape index (κ1) is 13.9. The third kappa shape index (κ3) is 2.26. The highest BCUT2D eigenvalue weighted by Gasteiger charge is 2.27. The minimum absolute atomic E-state index is 0.263. The number of fused-ring (bicyclic) bond motifs is 1. The normalized spacial score (nSPS) is 14.0. The molecule has 0 aliphatic heterocycles. The lowest BCUT2D eigenvalue weighted by Crippen LogP contribution is -2.14. The standard InChI is InChI=1S/C16H20N2O3/c1-4-20-16(19)15-13-8-6-5-7-12(13)9-18(15)14-10(2)17-21-11(14)3/h9H,4-8H2,1-3H3. The van der Waals surface area contributed by atoms with Crippen LogP contribution in [0.25, 0.3) is 5.69 Å². The first-order chi connectivity index (χ1) is 10.1. The van der Waals surface area contributed by atoms with Gasteiger partial charge in [-0.1, -0.05) is 5.16 Å².